The van der Waals surface area contributed by atoms with E-state index in [4.69, 9.17) is 4.74 Å². The van der Waals surface area contributed by atoms with Crippen LogP contribution < -0.4 is 5.32 Å². The predicted molar refractivity (Wildman–Crippen MR) is 57.1 cm³/mol. The van der Waals surface area contributed by atoms with E-state index < -0.39 is 0 Å². The van der Waals surface area contributed by atoms with E-state index >= 15 is 0 Å². The highest BCUT2D eigenvalue weighted by atomic mass is 16.5. The van der Waals surface area contributed by atoms with Crippen LogP contribution in [-0.2, 0) is 4.74 Å². The van der Waals surface area contributed by atoms with Crippen LogP contribution in [-0.4, -0.2) is 52.3 Å². The van der Waals surface area contributed by atoms with Gasteiger partial charge in [0.2, 0.25) is 0 Å². The summed E-state index contributed by atoms with van der Waals surface area (Å²) in [7, 11) is 5.87. The van der Waals surface area contributed by atoms with Gasteiger partial charge in [-0.15, -0.1) is 0 Å². The molecule has 0 rings (SSSR count). The van der Waals surface area contributed by atoms with E-state index in [1.165, 1.54) is 0 Å². The molecule has 0 aliphatic heterocycles. The van der Waals surface area contributed by atoms with E-state index in [1.54, 1.807) is 7.11 Å². The van der Waals surface area contributed by atoms with E-state index in [2.05, 4.69) is 31.1 Å². The highest BCUT2D eigenvalue weighted by Gasteiger charge is 2.18. The molecule has 0 aromatic carbocycles. The Morgan fingerprint density at radius 3 is 2.46 bits per heavy atom. The predicted octanol–water partition coefficient (Wildman–Crippen LogP) is 0.810. The van der Waals surface area contributed by atoms with Crippen LogP contribution in [0.3, 0.4) is 0 Å². The molecular formula is C10H24N2O. The number of nitrogens with zero attached hydrogens (tertiary/aromatic N) is 1. The number of rotatable bonds is 7. The van der Waals surface area contributed by atoms with Gasteiger partial charge in [-0.25, -0.2) is 0 Å². The Kier molecular flexibility index (Phi) is 6.29. The average molecular weight is 188 g/mol. The minimum absolute atomic E-state index is 0.331. The van der Waals surface area contributed by atoms with E-state index in [9.17, 15) is 0 Å². The van der Waals surface area contributed by atoms with E-state index in [-0.39, 0.29) is 0 Å². The zero-order valence-electron chi connectivity index (χ0n) is 9.68. The van der Waals surface area contributed by atoms with Crippen molar-refractivity contribution in [3.8, 4) is 0 Å². The highest BCUT2D eigenvalue weighted by Crippen LogP contribution is 2.14. The largest absolute Gasteiger partial charge is 0.383 e. The van der Waals surface area contributed by atoms with Gasteiger partial charge in [-0.05, 0) is 19.5 Å². The maximum Gasteiger partial charge on any atom is 0.0589 e. The molecule has 0 saturated heterocycles. The summed E-state index contributed by atoms with van der Waals surface area (Å²) in [5.41, 5.74) is 0.331. The molecule has 0 amide bonds. The molecule has 0 unspecified atom stereocenters. The minimum atomic E-state index is 0.331. The molecule has 0 aliphatic carbocycles. The lowest BCUT2D eigenvalue weighted by Gasteiger charge is -2.29. The van der Waals surface area contributed by atoms with Crippen LogP contribution in [0.5, 0.6) is 0 Å². The highest BCUT2D eigenvalue weighted by molar-refractivity contribution is 4.74. The van der Waals surface area contributed by atoms with Gasteiger partial charge in [-0.3, -0.25) is 0 Å². The number of hydrogen-bond donors (Lipinski definition) is 1. The third-order valence-electron chi connectivity index (χ3n) is 2.03. The second-order valence-electron chi connectivity index (χ2n) is 4.43. The minimum Gasteiger partial charge on any atom is -0.383 e. The van der Waals surface area contributed by atoms with Crippen LogP contribution in [0.1, 0.15) is 13.8 Å². The van der Waals surface area contributed by atoms with E-state index in [1.807, 2.05) is 7.05 Å². The van der Waals surface area contributed by atoms with Gasteiger partial charge in [-0.1, -0.05) is 13.8 Å². The second-order valence-corrected chi connectivity index (χ2v) is 4.43. The summed E-state index contributed by atoms with van der Waals surface area (Å²) in [5.74, 6) is 0. The Morgan fingerprint density at radius 2 is 2.00 bits per heavy atom. The molecular weight excluding hydrogens is 164 g/mol. The van der Waals surface area contributed by atoms with Crippen molar-refractivity contribution in [3.63, 3.8) is 0 Å². The molecule has 1 N–H and O–H groups in total. The lowest BCUT2D eigenvalue weighted by atomic mass is 9.93. The van der Waals surface area contributed by atoms with Gasteiger partial charge < -0.3 is 15.0 Å². The van der Waals surface area contributed by atoms with Gasteiger partial charge in [0, 0.05) is 26.7 Å². The SMILES string of the molecule is CNCC(C)(C)CN(C)CCOC. The fraction of sp³-hybridized carbons (Fsp3) is 1.00. The van der Waals surface area contributed by atoms with Crippen molar-refractivity contribution in [2.45, 2.75) is 13.8 Å². The molecule has 0 aliphatic rings. The molecule has 80 valence electrons. The van der Waals surface area contributed by atoms with Crippen molar-refractivity contribution in [2.75, 3.05) is 47.4 Å². The second kappa shape index (κ2) is 6.35. The van der Waals surface area contributed by atoms with Crippen LogP contribution in [0.2, 0.25) is 0 Å². The first-order valence-electron chi connectivity index (χ1n) is 4.84. The Balaban J connectivity index is 3.68. The monoisotopic (exact) mass is 188 g/mol. The van der Waals surface area contributed by atoms with Crippen molar-refractivity contribution < 1.29 is 4.74 Å². The summed E-state index contributed by atoms with van der Waals surface area (Å²) in [6, 6.07) is 0. The Labute approximate surface area is 82.4 Å². The molecule has 13 heavy (non-hydrogen) atoms. The maximum atomic E-state index is 5.03. The summed E-state index contributed by atoms with van der Waals surface area (Å²) in [6.45, 7) is 8.50. The first-order valence-corrected chi connectivity index (χ1v) is 4.84. The third kappa shape index (κ3) is 6.99. The number of hydrogen-bond acceptors (Lipinski definition) is 3. The average Bonchev–Trinajstić information content (AvgIpc) is 1.99. The number of nitrogens with one attached hydrogen (secondary N) is 1. The van der Waals surface area contributed by atoms with Gasteiger partial charge in [0.1, 0.15) is 0 Å². The van der Waals surface area contributed by atoms with Crippen LogP contribution in [0.15, 0.2) is 0 Å². The summed E-state index contributed by atoms with van der Waals surface area (Å²) in [6.07, 6.45) is 0. The van der Waals surface area contributed by atoms with Crippen LogP contribution in [0.25, 0.3) is 0 Å². The van der Waals surface area contributed by atoms with Crippen LogP contribution >= 0.6 is 0 Å². The summed E-state index contributed by atoms with van der Waals surface area (Å²) in [4.78, 5) is 2.31. The summed E-state index contributed by atoms with van der Waals surface area (Å²) in [5, 5.41) is 3.21. The first-order chi connectivity index (χ1) is 6.02. The lowest BCUT2D eigenvalue weighted by molar-refractivity contribution is 0.136. The molecule has 3 nitrogen and oxygen atoms in total. The Hall–Kier alpha value is -0.120. The number of ether oxygens (including phenoxy) is 1. The van der Waals surface area contributed by atoms with Crippen molar-refractivity contribution in [1.82, 2.24) is 10.2 Å². The van der Waals surface area contributed by atoms with Gasteiger partial charge >= 0.3 is 0 Å². The van der Waals surface area contributed by atoms with Gasteiger partial charge in [0.05, 0.1) is 6.61 Å². The molecule has 0 radical (unpaired) electrons. The van der Waals surface area contributed by atoms with Gasteiger partial charge in [-0.2, -0.15) is 0 Å². The quantitative estimate of drug-likeness (QED) is 0.640. The Morgan fingerprint density at radius 1 is 1.38 bits per heavy atom. The maximum absolute atomic E-state index is 5.03. The number of methoxy groups -OCH3 is 1. The summed E-state index contributed by atoms with van der Waals surface area (Å²) < 4.78 is 5.03. The van der Waals surface area contributed by atoms with E-state index in [0.717, 1.165) is 26.2 Å². The fourth-order valence-electron chi connectivity index (χ4n) is 1.59. The topological polar surface area (TPSA) is 24.5 Å². The molecule has 0 atom stereocenters. The Bertz CT molecular complexity index is 126. The molecule has 0 heterocycles. The van der Waals surface area contributed by atoms with Crippen molar-refractivity contribution in [3.05, 3.63) is 0 Å². The molecule has 0 saturated carbocycles. The van der Waals surface area contributed by atoms with Gasteiger partial charge in [0.25, 0.3) is 0 Å². The number of likely N-dealkylation sites (N-methyl/N-ethyl adjacent to an activating group) is 1. The van der Waals surface area contributed by atoms with Crippen molar-refractivity contribution in [2.24, 2.45) is 5.41 Å². The van der Waals surface area contributed by atoms with Crippen molar-refractivity contribution in [1.29, 1.82) is 0 Å². The molecule has 0 fully saturated rings. The molecule has 0 aromatic rings. The molecule has 3 heteroatoms. The fourth-order valence-corrected chi connectivity index (χ4v) is 1.59. The standard InChI is InChI=1S/C10H24N2O/c1-10(2,8-11-3)9-12(4)6-7-13-5/h11H,6-9H2,1-5H3. The molecule has 0 aromatic heterocycles. The lowest BCUT2D eigenvalue weighted by Crippen LogP contribution is -2.39. The van der Waals surface area contributed by atoms with Gasteiger partial charge in [0.15, 0.2) is 0 Å². The smallest absolute Gasteiger partial charge is 0.0589 e. The molecule has 0 bridgehead atoms. The molecule has 0 spiro atoms. The zero-order valence-corrected chi connectivity index (χ0v) is 9.68. The van der Waals surface area contributed by atoms with Crippen molar-refractivity contribution >= 4 is 0 Å². The zero-order chi connectivity index (χ0) is 10.3. The third-order valence-corrected chi connectivity index (χ3v) is 2.03. The summed E-state index contributed by atoms with van der Waals surface area (Å²) >= 11 is 0. The van der Waals surface area contributed by atoms with Crippen LogP contribution in [0, 0.1) is 5.41 Å². The van der Waals surface area contributed by atoms with E-state index in [0.29, 0.717) is 5.41 Å². The van der Waals surface area contributed by atoms with Crippen LogP contribution in [0.4, 0.5) is 0 Å². The first kappa shape index (κ1) is 12.9. The normalized spacial score (nSPS) is 12.5.